The van der Waals surface area contributed by atoms with E-state index in [2.05, 4.69) is 41.4 Å². The molecule has 102 valence electrons. The first-order chi connectivity index (χ1) is 9.24. The smallest absolute Gasteiger partial charge is 0.140 e. The Morgan fingerprint density at radius 2 is 2.05 bits per heavy atom. The SMILES string of the molecule is CCn1ncnc1CN[C@@H](C)c1ccc(OC)cc1. The van der Waals surface area contributed by atoms with Crippen LogP contribution in [0.4, 0.5) is 0 Å². The first-order valence-corrected chi connectivity index (χ1v) is 6.48. The maximum atomic E-state index is 5.16. The van der Waals surface area contributed by atoms with Crippen LogP contribution in [0.2, 0.25) is 0 Å². The minimum Gasteiger partial charge on any atom is -0.497 e. The van der Waals surface area contributed by atoms with Crippen molar-refractivity contribution in [2.45, 2.75) is 33.0 Å². The van der Waals surface area contributed by atoms with Crippen LogP contribution in [-0.2, 0) is 13.1 Å². The van der Waals surface area contributed by atoms with Crippen molar-refractivity contribution in [3.63, 3.8) is 0 Å². The van der Waals surface area contributed by atoms with Gasteiger partial charge in [0.05, 0.1) is 13.7 Å². The van der Waals surface area contributed by atoms with Gasteiger partial charge in [-0.05, 0) is 31.5 Å². The Morgan fingerprint density at radius 1 is 1.32 bits per heavy atom. The average Bonchev–Trinajstić information content (AvgIpc) is 2.92. The molecule has 0 bridgehead atoms. The van der Waals surface area contributed by atoms with Gasteiger partial charge in [-0.15, -0.1) is 0 Å². The highest BCUT2D eigenvalue weighted by Crippen LogP contribution is 2.17. The van der Waals surface area contributed by atoms with Gasteiger partial charge in [0.15, 0.2) is 0 Å². The van der Waals surface area contributed by atoms with Crippen molar-refractivity contribution in [1.29, 1.82) is 0 Å². The third-order valence-electron chi connectivity index (χ3n) is 3.18. The number of nitrogens with one attached hydrogen (secondary N) is 1. The van der Waals surface area contributed by atoms with Crippen LogP contribution in [0.15, 0.2) is 30.6 Å². The van der Waals surface area contributed by atoms with Gasteiger partial charge < -0.3 is 10.1 Å². The second kappa shape index (κ2) is 6.33. The number of hydrogen-bond donors (Lipinski definition) is 1. The van der Waals surface area contributed by atoms with Crippen LogP contribution in [0.25, 0.3) is 0 Å². The van der Waals surface area contributed by atoms with Gasteiger partial charge in [0.1, 0.15) is 17.9 Å². The molecule has 0 aliphatic heterocycles. The molecule has 1 aromatic carbocycles. The fourth-order valence-electron chi connectivity index (χ4n) is 1.94. The summed E-state index contributed by atoms with van der Waals surface area (Å²) < 4.78 is 7.05. The molecule has 0 saturated carbocycles. The molecule has 1 heterocycles. The molecule has 1 aromatic heterocycles. The Hall–Kier alpha value is -1.88. The van der Waals surface area contributed by atoms with Gasteiger partial charge in [0.2, 0.25) is 0 Å². The van der Waals surface area contributed by atoms with Crippen molar-refractivity contribution in [1.82, 2.24) is 20.1 Å². The lowest BCUT2D eigenvalue weighted by molar-refractivity contribution is 0.414. The van der Waals surface area contributed by atoms with E-state index in [0.29, 0.717) is 6.54 Å². The number of hydrogen-bond acceptors (Lipinski definition) is 4. The number of aryl methyl sites for hydroxylation is 1. The number of ether oxygens (including phenoxy) is 1. The summed E-state index contributed by atoms with van der Waals surface area (Å²) in [5.74, 6) is 1.84. The lowest BCUT2D eigenvalue weighted by Crippen LogP contribution is -2.20. The van der Waals surface area contributed by atoms with E-state index < -0.39 is 0 Å². The predicted molar refractivity (Wildman–Crippen MR) is 73.9 cm³/mol. The van der Waals surface area contributed by atoms with E-state index in [-0.39, 0.29) is 6.04 Å². The maximum absolute atomic E-state index is 5.16. The number of nitrogens with zero attached hydrogens (tertiary/aromatic N) is 3. The Bertz CT molecular complexity index is 506. The minimum absolute atomic E-state index is 0.257. The summed E-state index contributed by atoms with van der Waals surface area (Å²) in [6, 6.07) is 8.35. The van der Waals surface area contributed by atoms with Crippen LogP contribution in [0, 0.1) is 0 Å². The van der Waals surface area contributed by atoms with Crippen LogP contribution < -0.4 is 10.1 Å². The molecule has 0 amide bonds. The lowest BCUT2D eigenvalue weighted by atomic mass is 10.1. The highest BCUT2D eigenvalue weighted by Gasteiger charge is 2.07. The molecule has 0 fully saturated rings. The number of benzene rings is 1. The van der Waals surface area contributed by atoms with Gasteiger partial charge in [-0.2, -0.15) is 5.10 Å². The van der Waals surface area contributed by atoms with Crippen LogP contribution in [-0.4, -0.2) is 21.9 Å². The number of rotatable bonds is 6. The van der Waals surface area contributed by atoms with Crippen LogP contribution in [0.1, 0.15) is 31.3 Å². The zero-order chi connectivity index (χ0) is 13.7. The molecule has 0 aliphatic rings. The topological polar surface area (TPSA) is 52.0 Å². The third-order valence-corrected chi connectivity index (χ3v) is 3.18. The first-order valence-electron chi connectivity index (χ1n) is 6.48. The molecule has 0 unspecified atom stereocenters. The average molecular weight is 260 g/mol. The fraction of sp³-hybridized carbons (Fsp3) is 0.429. The predicted octanol–water partition coefficient (Wildman–Crippen LogP) is 2.16. The van der Waals surface area contributed by atoms with Crippen LogP contribution >= 0.6 is 0 Å². The largest absolute Gasteiger partial charge is 0.497 e. The zero-order valence-electron chi connectivity index (χ0n) is 11.6. The van der Waals surface area contributed by atoms with Crippen molar-refractivity contribution in [3.8, 4) is 5.75 Å². The summed E-state index contributed by atoms with van der Waals surface area (Å²) in [6.45, 7) is 5.74. The number of methoxy groups -OCH3 is 1. The monoisotopic (exact) mass is 260 g/mol. The molecule has 1 N–H and O–H groups in total. The van der Waals surface area contributed by atoms with Crippen molar-refractivity contribution < 1.29 is 4.74 Å². The lowest BCUT2D eigenvalue weighted by Gasteiger charge is -2.14. The van der Waals surface area contributed by atoms with E-state index in [0.717, 1.165) is 18.1 Å². The van der Waals surface area contributed by atoms with E-state index in [4.69, 9.17) is 4.74 Å². The summed E-state index contributed by atoms with van der Waals surface area (Å²) >= 11 is 0. The van der Waals surface area contributed by atoms with Gasteiger partial charge in [-0.1, -0.05) is 12.1 Å². The first kappa shape index (κ1) is 13.5. The van der Waals surface area contributed by atoms with E-state index in [1.54, 1.807) is 13.4 Å². The molecule has 2 rings (SSSR count). The molecular weight excluding hydrogens is 240 g/mol. The van der Waals surface area contributed by atoms with E-state index in [1.807, 2.05) is 16.8 Å². The maximum Gasteiger partial charge on any atom is 0.140 e. The summed E-state index contributed by atoms with van der Waals surface area (Å²) in [5.41, 5.74) is 1.23. The molecule has 0 radical (unpaired) electrons. The molecule has 2 aromatic rings. The standard InChI is InChI=1S/C14H20N4O/c1-4-18-14(16-10-17-18)9-15-11(2)12-5-7-13(19-3)8-6-12/h5-8,10-11,15H,4,9H2,1-3H3/t11-/m0/s1. The van der Waals surface area contributed by atoms with E-state index >= 15 is 0 Å². The molecule has 1 atom stereocenters. The second-order valence-electron chi connectivity index (χ2n) is 4.37. The van der Waals surface area contributed by atoms with Gasteiger partial charge in [-0.3, -0.25) is 0 Å². The van der Waals surface area contributed by atoms with Crippen LogP contribution in [0.3, 0.4) is 0 Å². The van der Waals surface area contributed by atoms with Crippen molar-refractivity contribution in [2.24, 2.45) is 0 Å². The highest BCUT2D eigenvalue weighted by atomic mass is 16.5. The molecular formula is C14H20N4O. The normalized spacial score (nSPS) is 12.4. The summed E-state index contributed by atoms with van der Waals surface area (Å²) in [7, 11) is 1.67. The molecule has 19 heavy (non-hydrogen) atoms. The molecule has 0 aliphatic carbocycles. The van der Waals surface area contributed by atoms with E-state index in [1.165, 1.54) is 5.56 Å². The fourth-order valence-corrected chi connectivity index (χ4v) is 1.94. The Labute approximate surface area is 113 Å². The minimum atomic E-state index is 0.257. The van der Waals surface area contributed by atoms with E-state index in [9.17, 15) is 0 Å². The quantitative estimate of drug-likeness (QED) is 0.864. The van der Waals surface area contributed by atoms with Crippen molar-refractivity contribution >= 4 is 0 Å². The third kappa shape index (κ3) is 3.32. The van der Waals surface area contributed by atoms with Crippen molar-refractivity contribution in [2.75, 3.05) is 7.11 Å². The molecule has 5 nitrogen and oxygen atoms in total. The van der Waals surface area contributed by atoms with Gasteiger partial charge >= 0.3 is 0 Å². The molecule has 0 saturated heterocycles. The molecule has 0 spiro atoms. The summed E-state index contributed by atoms with van der Waals surface area (Å²) in [4.78, 5) is 4.25. The van der Waals surface area contributed by atoms with Gasteiger partial charge in [-0.25, -0.2) is 9.67 Å². The van der Waals surface area contributed by atoms with Gasteiger partial charge in [0, 0.05) is 12.6 Å². The Kier molecular flexibility index (Phi) is 4.52. The number of aromatic nitrogens is 3. The van der Waals surface area contributed by atoms with Crippen molar-refractivity contribution in [3.05, 3.63) is 42.0 Å². The summed E-state index contributed by atoms with van der Waals surface area (Å²) in [6.07, 6.45) is 1.60. The van der Waals surface area contributed by atoms with Gasteiger partial charge in [0.25, 0.3) is 0 Å². The Balaban J connectivity index is 1.95. The highest BCUT2D eigenvalue weighted by molar-refractivity contribution is 5.28. The zero-order valence-corrected chi connectivity index (χ0v) is 11.6. The Morgan fingerprint density at radius 3 is 2.68 bits per heavy atom. The van der Waals surface area contributed by atoms with Crippen LogP contribution in [0.5, 0.6) is 5.75 Å². The summed E-state index contributed by atoms with van der Waals surface area (Å²) in [5, 5.41) is 7.61. The molecule has 5 heteroatoms. The second-order valence-corrected chi connectivity index (χ2v) is 4.37.